The van der Waals surface area contributed by atoms with E-state index in [2.05, 4.69) is 5.32 Å². The predicted molar refractivity (Wildman–Crippen MR) is 74.0 cm³/mol. The number of benzene rings is 1. The molecule has 20 heavy (non-hydrogen) atoms. The van der Waals surface area contributed by atoms with E-state index in [4.69, 9.17) is 5.73 Å². The Morgan fingerprint density at radius 3 is 2.70 bits per heavy atom. The standard InChI is InChI=1S/C14H17N3O3/c15-14(20)10-4-1-2-5-11(10)16-12(18)7-9-17-8-3-6-13(17)19/h1-2,4-5H,3,6-9H2,(H2,15,20)(H,16,18). The zero-order valence-electron chi connectivity index (χ0n) is 11.1. The molecular weight excluding hydrogens is 258 g/mol. The van der Waals surface area contributed by atoms with E-state index in [1.165, 1.54) is 0 Å². The summed E-state index contributed by atoms with van der Waals surface area (Å²) in [7, 11) is 0. The van der Waals surface area contributed by atoms with Gasteiger partial charge in [-0.15, -0.1) is 0 Å². The quantitative estimate of drug-likeness (QED) is 0.830. The fourth-order valence-electron chi connectivity index (χ4n) is 2.20. The molecule has 1 aromatic carbocycles. The number of nitrogens with two attached hydrogens (primary N) is 1. The van der Waals surface area contributed by atoms with E-state index < -0.39 is 5.91 Å². The summed E-state index contributed by atoms with van der Waals surface area (Å²) in [4.78, 5) is 36.2. The molecule has 1 aliphatic heterocycles. The highest BCUT2D eigenvalue weighted by molar-refractivity contribution is 6.03. The Hall–Kier alpha value is -2.37. The molecule has 1 saturated heterocycles. The second-order valence-electron chi connectivity index (χ2n) is 4.69. The topological polar surface area (TPSA) is 92.5 Å². The van der Waals surface area contributed by atoms with Crippen LogP contribution in [0.2, 0.25) is 0 Å². The third kappa shape index (κ3) is 3.34. The zero-order valence-corrected chi connectivity index (χ0v) is 11.1. The SMILES string of the molecule is NC(=O)c1ccccc1NC(=O)CCN1CCCC1=O. The molecule has 3 amide bonds. The maximum atomic E-state index is 11.8. The number of primary amides is 1. The van der Waals surface area contributed by atoms with Gasteiger partial charge in [-0.25, -0.2) is 0 Å². The monoisotopic (exact) mass is 275 g/mol. The van der Waals surface area contributed by atoms with Crippen molar-refractivity contribution in [2.24, 2.45) is 5.73 Å². The molecule has 0 radical (unpaired) electrons. The summed E-state index contributed by atoms with van der Waals surface area (Å²) in [5, 5.41) is 2.65. The molecule has 1 aliphatic rings. The molecule has 0 aliphatic carbocycles. The molecular formula is C14H17N3O3. The van der Waals surface area contributed by atoms with Crippen molar-refractivity contribution in [1.29, 1.82) is 0 Å². The molecule has 0 aromatic heterocycles. The second kappa shape index (κ2) is 6.18. The average molecular weight is 275 g/mol. The van der Waals surface area contributed by atoms with Crippen LogP contribution in [0, 0.1) is 0 Å². The van der Waals surface area contributed by atoms with Gasteiger partial charge < -0.3 is 16.0 Å². The normalized spacial score (nSPS) is 14.4. The third-order valence-electron chi connectivity index (χ3n) is 3.25. The second-order valence-corrected chi connectivity index (χ2v) is 4.69. The number of para-hydroxylation sites is 1. The van der Waals surface area contributed by atoms with Crippen molar-refractivity contribution in [1.82, 2.24) is 4.90 Å². The van der Waals surface area contributed by atoms with Gasteiger partial charge in [0.15, 0.2) is 0 Å². The largest absolute Gasteiger partial charge is 0.366 e. The number of rotatable bonds is 5. The molecule has 6 nitrogen and oxygen atoms in total. The average Bonchev–Trinajstić information content (AvgIpc) is 2.82. The molecule has 1 aromatic rings. The zero-order chi connectivity index (χ0) is 14.5. The van der Waals surface area contributed by atoms with Crippen LogP contribution in [0.1, 0.15) is 29.6 Å². The Morgan fingerprint density at radius 2 is 2.05 bits per heavy atom. The maximum absolute atomic E-state index is 11.8. The first-order valence-electron chi connectivity index (χ1n) is 6.54. The third-order valence-corrected chi connectivity index (χ3v) is 3.25. The number of amides is 3. The van der Waals surface area contributed by atoms with Gasteiger partial charge in [-0.2, -0.15) is 0 Å². The molecule has 106 valence electrons. The number of nitrogens with zero attached hydrogens (tertiary/aromatic N) is 1. The van der Waals surface area contributed by atoms with Gasteiger partial charge in [0.2, 0.25) is 11.8 Å². The number of likely N-dealkylation sites (tertiary alicyclic amines) is 1. The van der Waals surface area contributed by atoms with Gasteiger partial charge in [0.05, 0.1) is 11.3 Å². The van der Waals surface area contributed by atoms with Gasteiger partial charge >= 0.3 is 0 Å². The molecule has 0 atom stereocenters. The van der Waals surface area contributed by atoms with Crippen LogP contribution in [0.15, 0.2) is 24.3 Å². The van der Waals surface area contributed by atoms with Crippen molar-refractivity contribution in [3.05, 3.63) is 29.8 Å². The number of nitrogens with one attached hydrogen (secondary N) is 1. The number of anilines is 1. The van der Waals surface area contributed by atoms with Crippen molar-refractivity contribution in [3.63, 3.8) is 0 Å². The van der Waals surface area contributed by atoms with Crippen molar-refractivity contribution in [2.75, 3.05) is 18.4 Å². The number of hydrogen-bond acceptors (Lipinski definition) is 3. The van der Waals surface area contributed by atoms with Crippen LogP contribution in [0.4, 0.5) is 5.69 Å². The minimum absolute atomic E-state index is 0.0929. The summed E-state index contributed by atoms with van der Waals surface area (Å²) in [6, 6.07) is 6.58. The Kier molecular flexibility index (Phi) is 4.34. The molecule has 0 unspecified atom stereocenters. The van der Waals surface area contributed by atoms with Crippen LogP contribution in [0.25, 0.3) is 0 Å². The lowest BCUT2D eigenvalue weighted by Gasteiger charge is -2.15. The van der Waals surface area contributed by atoms with E-state index in [1.807, 2.05) is 0 Å². The smallest absolute Gasteiger partial charge is 0.250 e. The highest BCUT2D eigenvalue weighted by atomic mass is 16.2. The van der Waals surface area contributed by atoms with Gasteiger partial charge in [0, 0.05) is 25.9 Å². The first-order chi connectivity index (χ1) is 9.58. The van der Waals surface area contributed by atoms with Crippen LogP contribution in [-0.4, -0.2) is 35.7 Å². The summed E-state index contributed by atoms with van der Waals surface area (Å²) in [5.74, 6) is -0.732. The van der Waals surface area contributed by atoms with Crippen molar-refractivity contribution in [3.8, 4) is 0 Å². The Balaban J connectivity index is 1.91. The first-order valence-corrected chi connectivity index (χ1v) is 6.54. The number of carbonyl (C=O) groups excluding carboxylic acids is 3. The molecule has 3 N–H and O–H groups in total. The molecule has 0 spiro atoms. The molecule has 0 bridgehead atoms. The van der Waals surface area contributed by atoms with Gasteiger partial charge in [0.1, 0.15) is 0 Å². The Labute approximate surface area is 116 Å². The molecule has 2 rings (SSSR count). The predicted octanol–water partition coefficient (Wildman–Crippen LogP) is 0.736. The van der Waals surface area contributed by atoms with E-state index in [1.54, 1.807) is 29.2 Å². The van der Waals surface area contributed by atoms with Crippen molar-refractivity contribution >= 4 is 23.4 Å². The summed E-state index contributed by atoms with van der Waals surface area (Å²) < 4.78 is 0. The molecule has 1 heterocycles. The van der Waals surface area contributed by atoms with Crippen molar-refractivity contribution in [2.45, 2.75) is 19.3 Å². The van der Waals surface area contributed by atoms with E-state index in [0.717, 1.165) is 6.42 Å². The van der Waals surface area contributed by atoms with Crippen LogP contribution in [0.3, 0.4) is 0 Å². The van der Waals surface area contributed by atoms with Gasteiger partial charge in [-0.1, -0.05) is 12.1 Å². The Morgan fingerprint density at radius 1 is 1.30 bits per heavy atom. The van der Waals surface area contributed by atoms with Gasteiger partial charge in [0.25, 0.3) is 5.91 Å². The van der Waals surface area contributed by atoms with Crippen LogP contribution >= 0.6 is 0 Å². The maximum Gasteiger partial charge on any atom is 0.250 e. The molecule has 0 saturated carbocycles. The lowest BCUT2D eigenvalue weighted by molar-refractivity contribution is -0.128. The fraction of sp³-hybridized carbons (Fsp3) is 0.357. The summed E-state index contributed by atoms with van der Waals surface area (Å²) in [5.41, 5.74) is 5.92. The highest BCUT2D eigenvalue weighted by Gasteiger charge is 2.20. The van der Waals surface area contributed by atoms with Crippen LogP contribution in [0.5, 0.6) is 0 Å². The summed E-state index contributed by atoms with van der Waals surface area (Å²) in [6.45, 7) is 1.12. The number of carbonyl (C=O) groups is 3. The van der Waals surface area contributed by atoms with Crippen LogP contribution < -0.4 is 11.1 Å². The van der Waals surface area contributed by atoms with E-state index in [-0.39, 0.29) is 23.8 Å². The lowest BCUT2D eigenvalue weighted by atomic mass is 10.1. The number of hydrogen-bond donors (Lipinski definition) is 2. The van der Waals surface area contributed by atoms with E-state index in [0.29, 0.717) is 25.2 Å². The minimum atomic E-state index is -0.587. The van der Waals surface area contributed by atoms with Crippen LogP contribution in [-0.2, 0) is 9.59 Å². The Bertz CT molecular complexity index is 542. The highest BCUT2D eigenvalue weighted by Crippen LogP contribution is 2.15. The minimum Gasteiger partial charge on any atom is -0.366 e. The fourth-order valence-corrected chi connectivity index (χ4v) is 2.20. The van der Waals surface area contributed by atoms with E-state index >= 15 is 0 Å². The lowest BCUT2D eigenvalue weighted by Crippen LogP contribution is -2.29. The summed E-state index contributed by atoms with van der Waals surface area (Å²) >= 11 is 0. The summed E-state index contributed by atoms with van der Waals surface area (Å²) in [6.07, 6.45) is 1.62. The first kappa shape index (κ1) is 14.0. The van der Waals surface area contributed by atoms with Gasteiger partial charge in [-0.05, 0) is 18.6 Å². The molecule has 6 heteroatoms. The van der Waals surface area contributed by atoms with E-state index in [9.17, 15) is 14.4 Å². The molecule has 1 fully saturated rings. The van der Waals surface area contributed by atoms with Gasteiger partial charge in [-0.3, -0.25) is 14.4 Å². The van der Waals surface area contributed by atoms with Crippen molar-refractivity contribution < 1.29 is 14.4 Å².